The highest BCUT2D eigenvalue weighted by Gasteiger charge is 2.25. The van der Waals surface area contributed by atoms with Gasteiger partial charge in [-0.1, -0.05) is 19.8 Å². The van der Waals surface area contributed by atoms with Gasteiger partial charge in [0.05, 0.1) is 12.6 Å². The van der Waals surface area contributed by atoms with E-state index >= 15 is 0 Å². The zero-order chi connectivity index (χ0) is 19.8. The number of nitrogens with one attached hydrogen (secondary N) is 3. The smallest absolute Gasteiger partial charge is 0.238 e. The third-order valence-corrected chi connectivity index (χ3v) is 4.87. The Balaban J connectivity index is 1.85. The molecule has 7 heteroatoms. The molecule has 1 aliphatic carbocycles. The van der Waals surface area contributed by atoms with Gasteiger partial charge in [-0.2, -0.15) is 0 Å². The number of amides is 3. The minimum Gasteiger partial charge on any atom is -0.352 e. The molecule has 7 nitrogen and oxygen atoms in total. The Labute approximate surface area is 160 Å². The van der Waals surface area contributed by atoms with Gasteiger partial charge in [-0.25, -0.2) is 0 Å². The fourth-order valence-electron chi connectivity index (χ4n) is 3.31. The summed E-state index contributed by atoms with van der Waals surface area (Å²) in [5.41, 5.74) is 1.32. The van der Waals surface area contributed by atoms with Crippen LogP contribution in [0.3, 0.4) is 0 Å². The molecule has 3 amide bonds. The molecule has 1 saturated carbocycles. The van der Waals surface area contributed by atoms with Crippen LogP contribution in [0.2, 0.25) is 0 Å². The summed E-state index contributed by atoms with van der Waals surface area (Å²) in [5, 5.41) is 8.60. The Kier molecular flexibility index (Phi) is 7.79. The summed E-state index contributed by atoms with van der Waals surface area (Å²) < 4.78 is 0. The van der Waals surface area contributed by atoms with Crippen molar-refractivity contribution in [2.75, 3.05) is 23.7 Å². The average Bonchev–Trinajstić information content (AvgIpc) is 3.13. The minimum atomic E-state index is -0.358. The maximum Gasteiger partial charge on any atom is 0.238 e. The van der Waals surface area contributed by atoms with Crippen LogP contribution in [0.4, 0.5) is 11.4 Å². The standard InChI is InChI=1S/C20H30N4O3/c1-4-24(14(2)20(27)23-16-7-5-6-8-16)13-19(26)22-18-11-9-17(10-12-18)21-15(3)25/h9-12,14,16H,4-8,13H2,1-3H3,(H,21,25)(H,22,26)(H,23,27). The van der Waals surface area contributed by atoms with Gasteiger partial charge in [0, 0.05) is 24.3 Å². The molecule has 1 fully saturated rings. The number of rotatable bonds is 8. The van der Waals surface area contributed by atoms with E-state index in [2.05, 4.69) is 16.0 Å². The predicted molar refractivity (Wildman–Crippen MR) is 106 cm³/mol. The van der Waals surface area contributed by atoms with E-state index in [1.165, 1.54) is 19.8 Å². The molecule has 1 aliphatic rings. The van der Waals surface area contributed by atoms with Gasteiger partial charge >= 0.3 is 0 Å². The van der Waals surface area contributed by atoms with E-state index < -0.39 is 0 Å². The van der Waals surface area contributed by atoms with Gasteiger partial charge in [-0.05, 0) is 50.6 Å². The van der Waals surface area contributed by atoms with Crippen LogP contribution < -0.4 is 16.0 Å². The lowest BCUT2D eigenvalue weighted by atomic mass is 10.2. The molecule has 0 aliphatic heterocycles. The first-order chi connectivity index (χ1) is 12.9. The predicted octanol–water partition coefficient (Wildman–Crippen LogP) is 2.35. The Hall–Kier alpha value is -2.41. The molecule has 0 heterocycles. The highest BCUT2D eigenvalue weighted by atomic mass is 16.2. The Morgan fingerprint density at radius 3 is 2.15 bits per heavy atom. The molecule has 1 aromatic rings. The molecule has 0 bridgehead atoms. The minimum absolute atomic E-state index is 0.0174. The van der Waals surface area contributed by atoms with Crippen molar-refractivity contribution in [3.05, 3.63) is 24.3 Å². The first kappa shape index (κ1) is 20.9. The van der Waals surface area contributed by atoms with Gasteiger partial charge in [0.1, 0.15) is 0 Å². The van der Waals surface area contributed by atoms with E-state index in [0.717, 1.165) is 12.8 Å². The molecular weight excluding hydrogens is 344 g/mol. The number of hydrogen-bond acceptors (Lipinski definition) is 4. The number of carbonyl (C=O) groups is 3. The lowest BCUT2D eigenvalue weighted by Gasteiger charge is -2.27. The number of carbonyl (C=O) groups excluding carboxylic acids is 3. The zero-order valence-electron chi connectivity index (χ0n) is 16.4. The fraction of sp³-hybridized carbons (Fsp3) is 0.550. The maximum absolute atomic E-state index is 12.4. The van der Waals surface area contributed by atoms with E-state index in [0.29, 0.717) is 17.9 Å². The second-order valence-corrected chi connectivity index (χ2v) is 7.04. The van der Waals surface area contributed by atoms with Gasteiger partial charge < -0.3 is 16.0 Å². The second-order valence-electron chi connectivity index (χ2n) is 7.04. The third kappa shape index (κ3) is 6.67. The molecule has 1 unspecified atom stereocenters. The summed E-state index contributed by atoms with van der Waals surface area (Å²) in [6.45, 7) is 5.97. The van der Waals surface area contributed by atoms with Crippen molar-refractivity contribution in [1.29, 1.82) is 0 Å². The van der Waals surface area contributed by atoms with Crippen molar-refractivity contribution in [3.8, 4) is 0 Å². The summed E-state index contributed by atoms with van der Waals surface area (Å²) in [7, 11) is 0. The van der Waals surface area contributed by atoms with Crippen LogP contribution in [0.5, 0.6) is 0 Å². The SMILES string of the molecule is CCN(CC(=O)Nc1ccc(NC(C)=O)cc1)C(C)C(=O)NC1CCCC1. The van der Waals surface area contributed by atoms with E-state index in [1.807, 2.05) is 18.7 Å². The van der Waals surface area contributed by atoms with Gasteiger partial charge in [-0.3, -0.25) is 19.3 Å². The first-order valence-electron chi connectivity index (χ1n) is 9.61. The van der Waals surface area contributed by atoms with Crippen LogP contribution in [-0.2, 0) is 14.4 Å². The largest absolute Gasteiger partial charge is 0.352 e. The second kappa shape index (κ2) is 10.1. The summed E-state index contributed by atoms with van der Waals surface area (Å²) in [6, 6.07) is 6.84. The number of hydrogen-bond donors (Lipinski definition) is 3. The first-order valence-corrected chi connectivity index (χ1v) is 9.61. The van der Waals surface area contributed by atoms with E-state index in [9.17, 15) is 14.4 Å². The van der Waals surface area contributed by atoms with Gasteiger partial charge in [0.15, 0.2) is 0 Å². The summed E-state index contributed by atoms with van der Waals surface area (Å²) in [4.78, 5) is 37.7. The number of likely N-dealkylation sites (N-methyl/N-ethyl adjacent to an activating group) is 1. The van der Waals surface area contributed by atoms with Gasteiger partial charge in [0.2, 0.25) is 17.7 Å². The number of anilines is 2. The van der Waals surface area contributed by atoms with Crippen molar-refractivity contribution in [2.24, 2.45) is 0 Å². The topological polar surface area (TPSA) is 90.5 Å². The summed E-state index contributed by atoms with van der Waals surface area (Å²) in [5.74, 6) is -0.337. The number of nitrogens with zero attached hydrogens (tertiary/aromatic N) is 1. The molecule has 0 spiro atoms. The lowest BCUT2D eigenvalue weighted by molar-refractivity contribution is -0.127. The van der Waals surface area contributed by atoms with Crippen molar-refractivity contribution < 1.29 is 14.4 Å². The van der Waals surface area contributed by atoms with Crippen molar-refractivity contribution >= 4 is 29.1 Å². The van der Waals surface area contributed by atoms with Gasteiger partial charge in [-0.15, -0.1) is 0 Å². The third-order valence-electron chi connectivity index (χ3n) is 4.87. The summed E-state index contributed by atoms with van der Waals surface area (Å²) >= 11 is 0. The van der Waals surface area contributed by atoms with Crippen LogP contribution >= 0.6 is 0 Å². The Morgan fingerprint density at radius 2 is 1.63 bits per heavy atom. The fourth-order valence-corrected chi connectivity index (χ4v) is 3.31. The van der Waals surface area contributed by atoms with Crippen LogP contribution in [0.1, 0.15) is 46.5 Å². The molecule has 3 N–H and O–H groups in total. The average molecular weight is 374 g/mol. The zero-order valence-corrected chi connectivity index (χ0v) is 16.4. The van der Waals surface area contributed by atoms with Crippen LogP contribution in [-0.4, -0.2) is 47.8 Å². The monoisotopic (exact) mass is 374 g/mol. The normalized spacial score (nSPS) is 15.4. The highest BCUT2D eigenvalue weighted by molar-refractivity contribution is 5.93. The molecule has 0 aromatic heterocycles. The Bertz CT molecular complexity index is 654. The molecule has 2 rings (SSSR count). The quantitative estimate of drug-likeness (QED) is 0.651. The lowest BCUT2D eigenvalue weighted by Crippen LogP contribution is -2.49. The number of benzene rings is 1. The van der Waals surface area contributed by atoms with Crippen LogP contribution in [0, 0.1) is 0 Å². The molecule has 0 saturated heterocycles. The summed E-state index contributed by atoms with van der Waals surface area (Å²) in [6.07, 6.45) is 4.42. The van der Waals surface area contributed by atoms with Crippen molar-refractivity contribution in [1.82, 2.24) is 10.2 Å². The molecule has 1 atom stereocenters. The molecule has 148 valence electrons. The van der Waals surface area contributed by atoms with E-state index in [1.54, 1.807) is 24.3 Å². The molecule has 27 heavy (non-hydrogen) atoms. The molecule has 1 aromatic carbocycles. The van der Waals surface area contributed by atoms with E-state index in [4.69, 9.17) is 0 Å². The van der Waals surface area contributed by atoms with Crippen LogP contribution in [0.25, 0.3) is 0 Å². The maximum atomic E-state index is 12.4. The van der Waals surface area contributed by atoms with E-state index in [-0.39, 0.29) is 36.3 Å². The van der Waals surface area contributed by atoms with Crippen molar-refractivity contribution in [2.45, 2.75) is 58.5 Å². The van der Waals surface area contributed by atoms with Crippen molar-refractivity contribution in [3.63, 3.8) is 0 Å². The highest BCUT2D eigenvalue weighted by Crippen LogP contribution is 2.18. The molecular formula is C20H30N4O3. The Morgan fingerprint density at radius 1 is 1.07 bits per heavy atom. The molecule has 0 radical (unpaired) electrons. The van der Waals surface area contributed by atoms with Crippen LogP contribution in [0.15, 0.2) is 24.3 Å². The van der Waals surface area contributed by atoms with Gasteiger partial charge in [0.25, 0.3) is 0 Å².